The molecule has 0 saturated carbocycles. The van der Waals surface area contributed by atoms with E-state index in [0.717, 1.165) is 19.5 Å². The lowest BCUT2D eigenvalue weighted by atomic mass is 9.99. The molecule has 4 heteroatoms. The molecule has 0 aromatic rings. The quantitative estimate of drug-likeness (QED) is 0.752. The van der Waals surface area contributed by atoms with Gasteiger partial charge in [0.1, 0.15) is 0 Å². The Labute approximate surface area is 105 Å². The summed E-state index contributed by atoms with van der Waals surface area (Å²) in [6, 6.07) is -0.344. The molecule has 2 N–H and O–H groups in total. The van der Waals surface area contributed by atoms with Crippen molar-refractivity contribution in [2.75, 3.05) is 33.2 Å². The predicted octanol–water partition coefficient (Wildman–Crippen LogP) is 0.914. The van der Waals surface area contributed by atoms with Crippen LogP contribution in [0.1, 0.15) is 33.1 Å². The number of likely N-dealkylation sites (N-methyl/N-ethyl adjacent to an activating group) is 1. The van der Waals surface area contributed by atoms with Gasteiger partial charge in [0.05, 0.1) is 6.04 Å². The van der Waals surface area contributed by atoms with Crippen LogP contribution in [0.2, 0.25) is 0 Å². The molecule has 4 nitrogen and oxygen atoms in total. The van der Waals surface area contributed by atoms with E-state index < -0.39 is 0 Å². The zero-order valence-electron chi connectivity index (χ0n) is 11.5. The highest BCUT2D eigenvalue weighted by molar-refractivity contribution is 5.81. The first-order chi connectivity index (χ1) is 8.06. The summed E-state index contributed by atoms with van der Waals surface area (Å²) in [7, 11) is 1.86. The zero-order chi connectivity index (χ0) is 12.8. The van der Waals surface area contributed by atoms with Crippen molar-refractivity contribution in [3.63, 3.8) is 0 Å². The Bertz CT molecular complexity index is 239. The second kappa shape index (κ2) is 6.97. The van der Waals surface area contributed by atoms with Crippen molar-refractivity contribution >= 4 is 5.91 Å². The molecule has 2 unspecified atom stereocenters. The fraction of sp³-hybridized carbons (Fsp3) is 0.923. The van der Waals surface area contributed by atoms with Crippen LogP contribution in [0.5, 0.6) is 0 Å². The maximum absolute atomic E-state index is 12.0. The van der Waals surface area contributed by atoms with E-state index >= 15 is 0 Å². The molecule has 0 spiro atoms. The third kappa shape index (κ3) is 4.28. The third-order valence-electron chi connectivity index (χ3n) is 3.87. The summed E-state index contributed by atoms with van der Waals surface area (Å²) >= 11 is 0. The summed E-state index contributed by atoms with van der Waals surface area (Å²) in [6.45, 7) is 8.25. The van der Waals surface area contributed by atoms with Gasteiger partial charge in [-0.05, 0) is 31.8 Å². The molecule has 100 valence electrons. The molecular formula is C13H27N3O. The highest BCUT2D eigenvalue weighted by Crippen LogP contribution is 2.09. The third-order valence-corrected chi connectivity index (χ3v) is 3.87. The van der Waals surface area contributed by atoms with E-state index in [1.807, 2.05) is 14.0 Å². The van der Waals surface area contributed by atoms with Gasteiger partial charge in [-0.3, -0.25) is 4.79 Å². The minimum atomic E-state index is -0.344. The molecule has 1 aliphatic heterocycles. The monoisotopic (exact) mass is 241 g/mol. The van der Waals surface area contributed by atoms with E-state index in [9.17, 15) is 4.79 Å². The standard InChI is InChI=1S/C13H27N3O/c1-4-11(2)12(14)13(17)15(3)9-10-16-7-5-6-8-16/h11-12H,4-10,14H2,1-3H3. The Morgan fingerprint density at radius 1 is 1.41 bits per heavy atom. The van der Waals surface area contributed by atoms with Gasteiger partial charge in [0.2, 0.25) is 5.91 Å². The first-order valence-electron chi connectivity index (χ1n) is 6.79. The second-order valence-electron chi connectivity index (χ2n) is 5.22. The number of hydrogen-bond acceptors (Lipinski definition) is 3. The SMILES string of the molecule is CCC(C)C(N)C(=O)N(C)CCN1CCCC1. The first-order valence-corrected chi connectivity index (χ1v) is 6.79. The summed E-state index contributed by atoms with van der Waals surface area (Å²) in [5.41, 5.74) is 5.95. The fourth-order valence-corrected chi connectivity index (χ4v) is 2.16. The van der Waals surface area contributed by atoms with Crippen LogP contribution in [-0.4, -0.2) is 55.0 Å². The zero-order valence-corrected chi connectivity index (χ0v) is 11.5. The maximum atomic E-state index is 12.0. The van der Waals surface area contributed by atoms with E-state index in [2.05, 4.69) is 11.8 Å². The van der Waals surface area contributed by atoms with Crippen LogP contribution in [0.3, 0.4) is 0 Å². The summed E-state index contributed by atoms with van der Waals surface area (Å²) in [4.78, 5) is 16.2. The smallest absolute Gasteiger partial charge is 0.239 e. The van der Waals surface area contributed by atoms with Crippen LogP contribution in [0.15, 0.2) is 0 Å². The number of likely N-dealkylation sites (tertiary alicyclic amines) is 1. The fourth-order valence-electron chi connectivity index (χ4n) is 2.16. The van der Waals surface area contributed by atoms with E-state index in [1.54, 1.807) is 4.90 Å². The maximum Gasteiger partial charge on any atom is 0.239 e. The van der Waals surface area contributed by atoms with Crippen molar-refractivity contribution in [2.24, 2.45) is 11.7 Å². The van der Waals surface area contributed by atoms with Gasteiger partial charge in [-0.15, -0.1) is 0 Å². The first kappa shape index (κ1) is 14.5. The Morgan fingerprint density at radius 3 is 2.53 bits per heavy atom. The molecule has 0 bridgehead atoms. The van der Waals surface area contributed by atoms with Gasteiger partial charge < -0.3 is 15.5 Å². The average Bonchev–Trinajstić information content (AvgIpc) is 2.86. The van der Waals surface area contributed by atoms with Gasteiger partial charge in [-0.25, -0.2) is 0 Å². The lowest BCUT2D eigenvalue weighted by Gasteiger charge is -2.26. The molecule has 1 amide bonds. The van der Waals surface area contributed by atoms with E-state index in [1.165, 1.54) is 25.9 Å². The molecule has 2 atom stereocenters. The molecule has 1 aliphatic rings. The van der Waals surface area contributed by atoms with Crippen LogP contribution in [0.4, 0.5) is 0 Å². The van der Waals surface area contributed by atoms with Gasteiger partial charge in [0.15, 0.2) is 0 Å². The Kier molecular flexibility index (Phi) is 5.92. The number of amides is 1. The van der Waals surface area contributed by atoms with Crippen LogP contribution in [0.25, 0.3) is 0 Å². The molecular weight excluding hydrogens is 214 g/mol. The molecule has 0 aliphatic carbocycles. The van der Waals surface area contributed by atoms with Crippen molar-refractivity contribution < 1.29 is 4.79 Å². The number of rotatable bonds is 6. The lowest BCUT2D eigenvalue weighted by molar-refractivity contribution is -0.132. The normalized spacial score (nSPS) is 20.2. The lowest BCUT2D eigenvalue weighted by Crippen LogP contribution is -2.47. The topological polar surface area (TPSA) is 49.6 Å². The van der Waals surface area contributed by atoms with Crippen molar-refractivity contribution in [1.29, 1.82) is 0 Å². The van der Waals surface area contributed by atoms with Crippen LogP contribution < -0.4 is 5.73 Å². The Morgan fingerprint density at radius 2 is 2.00 bits per heavy atom. The largest absolute Gasteiger partial charge is 0.343 e. The summed E-state index contributed by atoms with van der Waals surface area (Å²) in [6.07, 6.45) is 3.54. The molecule has 0 radical (unpaired) electrons. The molecule has 0 aromatic heterocycles. The van der Waals surface area contributed by atoms with Gasteiger partial charge >= 0.3 is 0 Å². The molecule has 1 rings (SSSR count). The molecule has 1 saturated heterocycles. The van der Waals surface area contributed by atoms with Crippen molar-refractivity contribution in [1.82, 2.24) is 9.80 Å². The number of carbonyl (C=O) groups is 1. The minimum absolute atomic E-state index is 0.0820. The van der Waals surface area contributed by atoms with Gasteiger partial charge in [-0.2, -0.15) is 0 Å². The average molecular weight is 241 g/mol. The van der Waals surface area contributed by atoms with Gasteiger partial charge in [0, 0.05) is 20.1 Å². The summed E-state index contributed by atoms with van der Waals surface area (Å²) in [5.74, 6) is 0.343. The highest BCUT2D eigenvalue weighted by Gasteiger charge is 2.23. The Balaban J connectivity index is 2.30. The van der Waals surface area contributed by atoms with Crippen LogP contribution >= 0.6 is 0 Å². The minimum Gasteiger partial charge on any atom is -0.343 e. The molecule has 1 heterocycles. The number of hydrogen-bond donors (Lipinski definition) is 1. The predicted molar refractivity (Wildman–Crippen MR) is 70.7 cm³/mol. The van der Waals surface area contributed by atoms with Crippen molar-refractivity contribution in [3.05, 3.63) is 0 Å². The molecule has 1 fully saturated rings. The molecule has 0 aromatic carbocycles. The van der Waals surface area contributed by atoms with Crippen LogP contribution in [0, 0.1) is 5.92 Å². The van der Waals surface area contributed by atoms with Crippen molar-refractivity contribution in [3.8, 4) is 0 Å². The number of nitrogens with zero attached hydrogens (tertiary/aromatic N) is 2. The van der Waals surface area contributed by atoms with Gasteiger partial charge in [0.25, 0.3) is 0 Å². The highest BCUT2D eigenvalue weighted by atomic mass is 16.2. The number of carbonyl (C=O) groups excluding carboxylic acids is 1. The van der Waals surface area contributed by atoms with Crippen molar-refractivity contribution in [2.45, 2.75) is 39.2 Å². The van der Waals surface area contributed by atoms with E-state index in [4.69, 9.17) is 5.73 Å². The Hall–Kier alpha value is -0.610. The second-order valence-corrected chi connectivity index (χ2v) is 5.22. The number of nitrogens with two attached hydrogens (primary N) is 1. The summed E-state index contributed by atoms with van der Waals surface area (Å²) in [5, 5.41) is 0. The summed E-state index contributed by atoms with van der Waals surface area (Å²) < 4.78 is 0. The van der Waals surface area contributed by atoms with Crippen LogP contribution in [-0.2, 0) is 4.79 Å². The molecule has 17 heavy (non-hydrogen) atoms. The van der Waals surface area contributed by atoms with E-state index in [-0.39, 0.29) is 17.9 Å². The van der Waals surface area contributed by atoms with Gasteiger partial charge in [-0.1, -0.05) is 20.3 Å². The van der Waals surface area contributed by atoms with E-state index in [0.29, 0.717) is 0 Å².